The number of nitrogens with zero attached hydrogens (tertiary/aromatic N) is 2. The zero-order chi connectivity index (χ0) is 21.6. The average Bonchev–Trinajstić information content (AvgIpc) is 3.13. The minimum absolute atomic E-state index is 0.0286. The van der Waals surface area contributed by atoms with Gasteiger partial charge in [0.05, 0.1) is 5.39 Å². The third-order valence-corrected chi connectivity index (χ3v) is 6.27. The maximum absolute atomic E-state index is 12.2. The molecule has 0 atom stereocenters. The lowest BCUT2D eigenvalue weighted by Gasteiger charge is -2.09. The number of thiophene rings is 1. The van der Waals surface area contributed by atoms with Crippen molar-refractivity contribution in [2.24, 2.45) is 0 Å². The first kappa shape index (κ1) is 21.3. The van der Waals surface area contributed by atoms with Crippen LogP contribution in [0, 0.1) is 6.92 Å². The van der Waals surface area contributed by atoms with Crippen LogP contribution in [0.25, 0.3) is 21.3 Å². The molecule has 0 spiro atoms. The van der Waals surface area contributed by atoms with E-state index in [4.69, 9.17) is 11.6 Å². The molecule has 4 rings (SSSR count). The normalized spacial score (nSPS) is 10.9. The van der Waals surface area contributed by atoms with E-state index in [0.717, 1.165) is 27.2 Å². The van der Waals surface area contributed by atoms with Gasteiger partial charge in [-0.1, -0.05) is 54.1 Å². The number of carbonyl (C=O) groups is 1. The molecular formula is C24H23ClN4OS. The summed E-state index contributed by atoms with van der Waals surface area (Å²) in [5.41, 5.74) is 3.36. The molecule has 0 saturated carbocycles. The van der Waals surface area contributed by atoms with Crippen LogP contribution < -0.4 is 10.6 Å². The molecule has 158 valence electrons. The summed E-state index contributed by atoms with van der Waals surface area (Å²) in [6, 6.07) is 17.8. The molecule has 0 bridgehead atoms. The van der Waals surface area contributed by atoms with Crippen LogP contribution in [-0.2, 0) is 11.3 Å². The summed E-state index contributed by atoms with van der Waals surface area (Å²) in [4.78, 5) is 23.3. The molecule has 0 saturated heterocycles. The SMILES string of the molecule is Cc1sc2ncnc(NCCCC(=O)NCc3ccc(Cl)cc3)c2c1-c1ccccc1. The highest BCUT2D eigenvalue weighted by molar-refractivity contribution is 7.19. The van der Waals surface area contributed by atoms with Crippen molar-refractivity contribution in [1.82, 2.24) is 15.3 Å². The lowest BCUT2D eigenvalue weighted by Crippen LogP contribution is -2.23. The number of anilines is 1. The fourth-order valence-electron chi connectivity index (χ4n) is 3.48. The van der Waals surface area contributed by atoms with Crippen LogP contribution in [0.15, 0.2) is 60.9 Å². The second kappa shape index (κ2) is 9.90. The van der Waals surface area contributed by atoms with Gasteiger partial charge in [0.2, 0.25) is 5.91 Å². The number of fused-ring (bicyclic) bond motifs is 1. The molecule has 5 nitrogen and oxygen atoms in total. The number of nitrogens with one attached hydrogen (secondary N) is 2. The largest absolute Gasteiger partial charge is 0.369 e. The molecule has 1 amide bonds. The standard InChI is InChI=1S/C24H23ClN4OS/c1-16-21(18-6-3-2-4-7-18)22-23(28-15-29-24(22)31-16)26-13-5-8-20(30)27-14-17-9-11-19(25)12-10-17/h2-4,6-7,9-12,15H,5,8,13-14H2,1H3,(H,27,30)(H,26,28,29). The second-order valence-electron chi connectivity index (χ2n) is 7.24. The van der Waals surface area contributed by atoms with Gasteiger partial charge >= 0.3 is 0 Å². The monoisotopic (exact) mass is 450 g/mol. The Kier molecular flexibility index (Phi) is 6.79. The summed E-state index contributed by atoms with van der Waals surface area (Å²) in [6.45, 7) is 3.28. The van der Waals surface area contributed by atoms with Crippen LogP contribution in [0.5, 0.6) is 0 Å². The summed E-state index contributed by atoms with van der Waals surface area (Å²) in [5, 5.41) is 8.09. The van der Waals surface area contributed by atoms with Gasteiger partial charge in [-0.15, -0.1) is 11.3 Å². The van der Waals surface area contributed by atoms with E-state index in [1.54, 1.807) is 17.7 Å². The van der Waals surface area contributed by atoms with E-state index >= 15 is 0 Å². The Morgan fingerprint density at radius 1 is 1.06 bits per heavy atom. The Balaban J connectivity index is 1.36. The van der Waals surface area contributed by atoms with Crippen LogP contribution >= 0.6 is 22.9 Å². The van der Waals surface area contributed by atoms with E-state index in [1.807, 2.05) is 42.5 Å². The lowest BCUT2D eigenvalue weighted by atomic mass is 10.0. The fourth-order valence-corrected chi connectivity index (χ4v) is 4.62. The third-order valence-electron chi connectivity index (χ3n) is 5.00. The minimum Gasteiger partial charge on any atom is -0.369 e. The number of aromatic nitrogens is 2. The van der Waals surface area contributed by atoms with Gasteiger partial charge in [0, 0.05) is 35.0 Å². The Bertz CT molecular complexity index is 1180. The van der Waals surface area contributed by atoms with Gasteiger partial charge in [0.25, 0.3) is 0 Å². The van der Waals surface area contributed by atoms with Crippen molar-refractivity contribution < 1.29 is 4.79 Å². The highest BCUT2D eigenvalue weighted by Crippen LogP contribution is 2.40. The first-order chi connectivity index (χ1) is 15.1. The quantitative estimate of drug-likeness (QED) is 0.331. The molecule has 2 N–H and O–H groups in total. The molecule has 0 fully saturated rings. The van der Waals surface area contributed by atoms with Crippen molar-refractivity contribution in [3.8, 4) is 11.1 Å². The van der Waals surface area contributed by atoms with Gasteiger partial charge in [-0.25, -0.2) is 9.97 Å². The van der Waals surface area contributed by atoms with Crippen LogP contribution in [0.3, 0.4) is 0 Å². The Hall–Kier alpha value is -2.96. The number of benzene rings is 2. The second-order valence-corrected chi connectivity index (χ2v) is 8.87. The number of hydrogen-bond acceptors (Lipinski definition) is 5. The van der Waals surface area contributed by atoms with Gasteiger partial charge in [-0.3, -0.25) is 4.79 Å². The van der Waals surface area contributed by atoms with E-state index in [2.05, 4.69) is 39.7 Å². The number of rotatable bonds is 8. The van der Waals surface area contributed by atoms with E-state index in [1.165, 1.54) is 10.4 Å². The molecule has 2 heterocycles. The van der Waals surface area contributed by atoms with Crippen LogP contribution in [0.4, 0.5) is 5.82 Å². The Labute approximate surface area is 190 Å². The molecule has 0 aliphatic rings. The number of aryl methyl sites for hydroxylation is 1. The first-order valence-corrected chi connectivity index (χ1v) is 11.4. The summed E-state index contributed by atoms with van der Waals surface area (Å²) >= 11 is 7.56. The molecular weight excluding hydrogens is 428 g/mol. The Morgan fingerprint density at radius 3 is 2.61 bits per heavy atom. The third kappa shape index (κ3) is 5.21. The number of carbonyl (C=O) groups excluding carboxylic acids is 1. The summed E-state index contributed by atoms with van der Waals surface area (Å²) in [5.74, 6) is 0.843. The smallest absolute Gasteiger partial charge is 0.220 e. The predicted molar refractivity (Wildman–Crippen MR) is 129 cm³/mol. The summed E-state index contributed by atoms with van der Waals surface area (Å²) < 4.78 is 0. The highest BCUT2D eigenvalue weighted by atomic mass is 35.5. The first-order valence-electron chi connectivity index (χ1n) is 10.2. The summed E-state index contributed by atoms with van der Waals surface area (Å²) in [6.07, 6.45) is 2.75. The number of hydrogen-bond donors (Lipinski definition) is 2. The van der Waals surface area contributed by atoms with Crippen molar-refractivity contribution in [2.45, 2.75) is 26.3 Å². The average molecular weight is 451 g/mol. The summed E-state index contributed by atoms with van der Waals surface area (Å²) in [7, 11) is 0. The van der Waals surface area contributed by atoms with E-state index in [-0.39, 0.29) is 5.91 Å². The molecule has 0 unspecified atom stereocenters. The zero-order valence-electron chi connectivity index (χ0n) is 17.2. The molecule has 7 heteroatoms. The van der Waals surface area contributed by atoms with Crippen molar-refractivity contribution in [2.75, 3.05) is 11.9 Å². The molecule has 0 aliphatic heterocycles. The highest BCUT2D eigenvalue weighted by Gasteiger charge is 2.16. The van der Waals surface area contributed by atoms with E-state index < -0.39 is 0 Å². The van der Waals surface area contributed by atoms with Gasteiger partial charge in [-0.05, 0) is 36.6 Å². The van der Waals surface area contributed by atoms with Gasteiger partial charge in [0.1, 0.15) is 17.0 Å². The minimum atomic E-state index is 0.0286. The fraction of sp³-hybridized carbons (Fsp3) is 0.208. The van der Waals surface area contributed by atoms with Crippen LogP contribution in [0.1, 0.15) is 23.3 Å². The maximum atomic E-state index is 12.2. The molecule has 2 aromatic heterocycles. The van der Waals surface area contributed by atoms with Crippen LogP contribution in [-0.4, -0.2) is 22.4 Å². The molecule has 0 aliphatic carbocycles. The van der Waals surface area contributed by atoms with E-state index in [0.29, 0.717) is 31.0 Å². The lowest BCUT2D eigenvalue weighted by molar-refractivity contribution is -0.121. The van der Waals surface area contributed by atoms with Gasteiger partial charge < -0.3 is 10.6 Å². The topological polar surface area (TPSA) is 66.9 Å². The number of amides is 1. The van der Waals surface area contributed by atoms with Gasteiger partial charge in [0.15, 0.2) is 0 Å². The molecule has 2 aromatic carbocycles. The zero-order valence-corrected chi connectivity index (χ0v) is 18.8. The van der Waals surface area contributed by atoms with Crippen molar-refractivity contribution in [1.29, 1.82) is 0 Å². The van der Waals surface area contributed by atoms with Crippen LogP contribution in [0.2, 0.25) is 5.02 Å². The maximum Gasteiger partial charge on any atom is 0.220 e. The molecule has 31 heavy (non-hydrogen) atoms. The predicted octanol–water partition coefficient (Wildman–Crippen LogP) is 5.83. The Morgan fingerprint density at radius 2 is 1.84 bits per heavy atom. The van der Waals surface area contributed by atoms with Crippen molar-refractivity contribution in [3.05, 3.63) is 76.4 Å². The molecule has 0 radical (unpaired) electrons. The van der Waals surface area contributed by atoms with Gasteiger partial charge in [-0.2, -0.15) is 0 Å². The van der Waals surface area contributed by atoms with Crippen molar-refractivity contribution >= 4 is 44.9 Å². The number of halogens is 1. The van der Waals surface area contributed by atoms with E-state index in [9.17, 15) is 4.79 Å². The molecule has 4 aromatic rings. The van der Waals surface area contributed by atoms with Crippen molar-refractivity contribution in [3.63, 3.8) is 0 Å².